The fourth-order valence-corrected chi connectivity index (χ4v) is 6.66. The highest BCUT2D eigenvalue weighted by Gasteiger charge is 2.51. The topological polar surface area (TPSA) is 136 Å². The zero-order valence-corrected chi connectivity index (χ0v) is 27.7. The van der Waals surface area contributed by atoms with E-state index in [9.17, 15) is 5.11 Å². The fourth-order valence-electron chi connectivity index (χ4n) is 6.66. The number of anilines is 1. The molecule has 3 heterocycles. The number of imidazole rings is 1. The van der Waals surface area contributed by atoms with Gasteiger partial charge in [0.15, 0.2) is 17.7 Å². The maximum absolute atomic E-state index is 12.0. The lowest BCUT2D eigenvalue weighted by molar-refractivity contribution is -0.146. The molecular weight excluding hydrogens is 610 g/mol. The highest BCUT2D eigenvalue weighted by molar-refractivity contribution is 5.81. The number of aliphatic hydroxyl groups is 1. The molecule has 3 aromatic carbocycles. The fraction of sp³-hybridized carbons (Fsp3) is 0.378. The van der Waals surface area contributed by atoms with Crippen LogP contribution in [0.1, 0.15) is 55.5 Å². The third-order valence-corrected chi connectivity index (χ3v) is 9.14. The van der Waals surface area contributed by atoms with Crippen LogP contribution in [0.15, 0.2) is 91.5 Å². The van der Waals surface area contributed by atoms with Crippen molar-refractivity contribution in [1.29, 1.82) is 0 Å². The van der Waals surface area contributed by atoms with Gasteiger partial charge in [-0.1, -0.05) is 80.8 Å². The molecule has 11 nitrogen and oxygen atoms in total. The molecule has 11 heteroatoms. The van der Waals surface area contributed by atoms with Crippen LogP contribution >= 0.6 is 0 Å². The summed E-state index contributed by atoms with van der Waals surface area (Å²) in [4.78, 5) is 12.9. The molecule has 2 aromatic heterocycles. The van der Waals surface area contributed by atoms with E-state index in [0.717, 1.165) is 47.5 Å². The summed E-state index contributed by atoms with van der Waals surface area (Å²) in [5, 5.41) is 12.0. The second kappa shape index (κ2) is 14.7. The average molecular weight is 654 g/mol. The van der Waals surface area contributed by atoms with Gasteiger partial charge in [0.05, 0.1) is 26.7 Å². The van der Waals surface area contributed by atoms with Gasteiger partial charge in [-0.05, 0) is 47.4 Å². The van der Waals surface area contributed by atoms with Gasteiger partial charge < -0.3 is 34.5 Å². The molecule has 0 amide bonds. The number of ether oxygens (including phenoxy) is 5. The summed E-state index contributed by atoms with van der Waals surface area (Å²) in [5.41, 5.74) is 8.62. The number of aliphatic hydroxyl groups excluding tert-OH is 1. The SMILES string of the molecule is CCCCCC(OC(c1ccccc1)(c1ccc(OC)cc1)c1ccc(OC)cc1)[C@H]1O[C@@H](n2cnc3c(N)ncnc32)[C@H](OC)[C@@H]1O. The van der Waals surface area contributed by atoms with Gasteiger partial charge in [-0.25, -0.2) is 15.0 Å². The number of fused-ring (bicyclic) bond motifs is 1. The van der Waals surface area contributed by atoms with E-state index < -0.39 is 36.2 Å². The van der Waals surface area contributed by atoms with E-state index in [-0.39, 0.29) is 5.82 Å². The van der Waals surface area contributed by atoms with E-state index in [2.05, 4.69) is 34.0 Å². The minimum absolute atomic E-state index is 0.259. The number of nitrogens with zero attached hydrogens (tertiary/aromatic N) is 4. The molecule has 1 aliphatic rings. The van der Waals surface area contributed by atoms with Crippen molar-refractivity contribution in [3.8, 4) is 11.5 Å². The maximum Gasteiger partial charge on any atom is 0.167 e. The number of aromatic nitrogens is 4. The molecule has 5 aromatic rings. The summed E-state index contributed by atoms with van der Waals surface area (Å²) in [6.07, 6.45) is 2.60. The van der Waals surface area contributed by atoms with Crippen LogP contribution in [0, 0.1) is 0 Å². The highest BCUT2D eigenvalue weighted by Crippen LogP contribution is 2.46. The average Bonchev–Trinajstić information content (AvgIpc) is 3.71. The molecule has 1 unspecified atom stereocenters. The first-order valence-electron chi connectivity index (χ1n) is 16.3. The smallest absolute Gasteiger partial charge is 0.167 e. The monoisotopic (exact) mass is 653 g/mol. The van der Waals surface area contributed by atoms with E-state index in [4.69, 9.17) is 29.4 Å². The molecule has 0 saturated carbocycles. The van der Waals surface area contributed by atoms with Crippen LogP contribution < -0.4 is 15.2 Å². The van der Waals surface area contributed by atoms with Crippen LogP contribution in [0.5, 0.6) is 11.5 Å². The van der Waals surface area contributed by atoms with Gasteiger partial charge >= 0.3 is 0 Å². The van der Waals surface area contributed by atoms with Crippen LogP contribution in [0.2, 0.25) is 0 Å². The van der Waals surface area contributed by atoms with Gasteiger partial charge in [-0.15, -0.1) is 0 Å². The number of hydrogen-bond acceptors (Lipinski definition) is 10. The van der Waals surface area contributed by atoms with Crippen LogP contribution in [-0.2, 0) is 19.8 Å². The predicted molar refractivity (Wildman–Crippen MR) is 182 cm³/mol. The number of benzene rings is 3. The van der Waals surface area contributed by atoms with Crippen LogP contribution in [0.25, 0.3) is 11.2 Å². The van der Waals surface area contributed by atoms with Crippen LogP contribution in [0.4, 0.5) is 5.82 Å². The molecule has 3 N–H and O–H groups in total. The second-order valence-corrected chi connectivity index (χ2v) is 11.9. The lowest BCUT2D eigenvalue weighted by atomic mass is 9.79. The molecule has 1 fully saturated rings. The Morgan fingerprint density at radius 2 is 1.48 bits per heavy atom. The van der Waals surface area contributed by atoms with E-state index in [1.807, 2.05) is 66.7 Å². The standard InChI is InChI=1S/C37H43N5O6/c1-5-6-8-13-29(32-31(43)33(46-4)36(47-32)42-23-41-30-34(38)39-22-40-35(30)42)48-37(24-11-9-7-10-12-24,25-14-18-27(44-2)19-15-25)26-16-20-28(45-3)21-17-26/h7,9-12,14-23,29,31-33,36,43H,5-6,8,13H2,1-4H3,(H2,38,39,40)/t29?,31-,32-,33-,36-/m1/s1. The first-order valence-corrected chi connectivity index (χ1v) is 16.3. The molecule has 6 rings (SSSR count). The number of hydrogen-bond donors (Lipinski definition) is 2. The first kappa shape index (κ1) is 33.4. The molecule has 48 heavy (non-hydrogen) atoms. The quantitative estimate of drug-likeness (QED) is 0.114. The predicted octanol–water partition coefficient (Wildman–Crippen LogP) is 5.66. The summed E-state index contributed by atoms with van der Waals surface area (Å²) >= 11 is 0. The van der Waals surface area contributed by atoms with Gasteiger partial charge in [-0.3, -0.25) is 4.57 Å². The molecule has 1 aliphatic heterocycles. The summed E-state index contributed by atoms with van der Waals surface area (Å²) in [6.45, 7) is 2.16. The number of unbranched alkanes of at least 4 members (excludes halogenated alkanes) is 2. The third-order valence-electron chi connectivity index (χ3n) is 9.14. The van der Waals surface area contributed by atoms with E-state index in [1.54, 1.807) is 32.2 Å². The van der Waals surface area contributed by atoms with Crippen molar-refractivity contribution < 1.29 is 28.8 Å². The van der Waals surface area contributed by atoms with E-state index >= 15 is 0 Å². The lowest BCUT2D eigenvalue weighted by Gasteiger charge is -2.41. The molecule has 252 valence electrons. The van der Waals surface area contributed by atoms with Crippen LogP contribution in [0.3, 0.4) is 0 Å². The molecule has 0 spiro atoms. The Morgan fingerprint density at radius 1 is 0.854 bits per heavy atom. The number of nitrogens with two attached hydrogens (primary N) is 1. The molecular formula is C37H43N5O6. The third kappa shape index (κ3) is 6.22. The maximum atomic E-state index is 12.0. The zero-order chi connectivity index (χ0) is 33.7. The Labute approximate surface area is 280 Å². The van der Waals surface area contributed by atoms with Crippen molar-refractivity contribution in [3.05, 3.63) is 108 Å². The van der Waals surface area contributed by atoms with Crippen molar-refractivity contribution >= 4 is 17.0 Å². The zero-order valence-electron chi connectivity index (χ0n) is 27.7. The van der Waals surface area contributed by atoms with Gasteiger partial charge in [-0.2, -0.15) is 0 Å². The number of methoxy groups -OCH3 is 3. The van der Waals surface area contributed by atoms with E-state index in [0.29, 0.717) is 17.6 Å². The normalized spacial score (nSPS) is 20.2. The molecule has 0 aliphatic carbocycles. The minimum Gasteiger partial charge on any atom is -0.497 e. The Bertz CT molecular complexity index is 1720. The van der Waals surface area contributed by atoms with Gasteiger partial charge in [0, 0.05) is 7.11 Å². The minimum atomic E-state index is -1.11. The molecule has 0 radical (unpaired) electrons. The Balaban J connectivity index is 1.49. The summed E-state index contributed by atoms with van der Waals surface area (Å²) in [6, 6.07) is 25.9. The summed E-state index contributed by atoms with van der Waals surface area (Å²) < 4.78 is 33.0. The van der Waals surface area contributed by atoms with Crippen molar-refractivity contribution in [2.45, 2.75) is 68.9 Å². The van der Waals surface area contributed by atoms with Crippen molar-refractivity contribution in [3.63, 3.8) is 0 Å². The number of nitrogen functional groups attached to an aromatic ring is 1. The molecule has 0 bridgehead atoms. The number of rotatable bonds is 14. The molecule has 5 atom stereocenters. The van der Waals surface area contributed by atoms with Gasteiger partial charge in [0.2, 0.25) is 0 Å². The molecule has 1 saturated heterocycles. The van der Waals surface area contributed by atoms with Gasteiger partial charge in [0.25, 0.3) is 0 Å². The van der Waals surface area contributed by atoms with Crippen molar-refractivity contribution in [2.75, 3.05) is 27.1 Å². The van der Waals surface area contributed by atoms with Crippen molar-refractivity contribution in [2.24, 2.45) is 0 Å². The highest BCUT2D eigenvalue weighted by atomic mass is 16.6. The van der Waals surface area contributed by atoms with Crippen LogP contribution in [-0.4, -0.2) is 70.4 Å². The summed E-state index contributed by atoms with van der Waals surface area (Å²) in [7, 11) is 4.86. The largest absolute Gasteiger partial charge is 0.497 e. The van der Waals surface area contributed by atoms with E-state index in [1.165, 1.54) is 6.33 Å². The Hall–Kier alpha value is -4.55. The van der Waals surface area contributed by atoms with Gasteiger partial charge in [0.1, 0.15) is 47.3 Å². The summed E-state index contributed by atoms with van der Waals surface area (Å²) in [5.74, 6) is 1.72. The Kier molecular flexibility index (Phi) is 10.2. The second-order valence-electron chi connectivity index (χ2n) is 11.9. The first-order chi connectivity index (χ1) is 23.4. The Morgan fingerprint density at radius 3 is 2.06 bits per heavy atom. The lowest BCUT2D eigenvalue weighted by Crippen LogP contribution is -2.46. The van der Waals surface area contributed by atoms with Crippen molar-refractivity contribution in [1.82, 2.24) is 19.5 Å².